The highest BCUT2D eigenvalue weighted by Crippen LogP contribution is 2.32. The zero-order valence-corrected chi connectivity index (χ0v) is 21.6. The van der Waals surface area contributed by atoms with Gasteiger partial charge in [0.1, 0.15) is 11.4 Å². The molecule has 3 atom stereocenters. The summed E-state index contributed by atoms with van der Waals surface area (Å²) in [7, 11) is 0. The number of rotatable bonds is 4. The highest BCUT2D eigenvalue weighted by atomic mass is 16.5. The average Bonchev–Trinajstić information content (AvgIpc) is 3.50. The van der Waals surface area contributed by atoms with E-state index < -0.39 is 0 Å². The number of aromatic nitrogens is 3. The minimum absolute atomic E-state index is 0.173. The second-order valence-electron chi connectivity index (χ2n) is 10.3. The molecule has 3 aliphatic heterocycles. The van der Waals surface area contributed by atoms with Crippen molar-refractivity contribution in [2.24, 2.45) is 0 Å². The van der Waals surface area contributed by atoms with Crippen molar-refractivity contribution in [1.82, 2.24) is 20.1 Å². The molecule has 3 fully saturated rings. The van der Waals surface area contributed by atoms with Crippen LogP contribution in [0.5, 0.6) is 5.75 Å². The number of phenolic OH excluding ortho intramolecular Hbond substituents is 1. The van der Waals surface area contributed by atoms with E-state index in [0.717, 1.165) is 69.2 Å². The van der Waals surface area contributed by atoms with E-state index >= 15 is 0 Å². The third-order valence-corrected chi connectivity index (χ3v) is 7.87. The van der Waals surface area contributed by atoms with Gasteiger partial charge in [0.25, 0.3) is 0 Å². The summed E-state index contributed by atoms with van der Waals surface area (Å²) in [6, 6.07) is 14.1. The maximum absolute atomic E-state index is 10.3. The van der Waals surface area contributed by atoms with Gasteiger partial charge in [0.05, 0.1) is 30.6 Å². The molecule has 0 aliphatic carbocycles. The Morgan fingerprint density at radius 3 is 2.84 bits per heavy atom. The fraction of sp³-hybridized carbons (Fsp3) is 0.414. The van der Waals surface area contributed by atoms with Crippen molar-refractivity contribution in [2.75, 3.05) is 54.9 Å². The summed E-state index contributed by atoms with van der Waals surface area (Å²) in [5, 5.41) is 18.7. The summed E-state index contributed by atoms with van der Waals surface area (Å²) >= 11 is 0. The van der Waals surface area contributed by atoms with E-state index in [2.05, 4.69) is 60.8 Å². The van der Waals surface area contributed by atoms with Gasteiger partial charge in [-0.3, -0.25) is 4.90 Å². The molecule has 2 aromatic heterocycles. The summed E-state index contributed by atoms with van der Waals surface area (Å²) in [5.41, 5.74) is 10.3. The molecule has 3 unspecified atom stereocenters. The third kappa shape index (κ3) is 4.97. The number of aromatic hydroxyl groups is 1. The predicted molar refractivity (Wildman–Crippen MR) is 148 cm³/mol. The van der Waals surface area contributed by atoms with Gasteiger partial charge in [-0.15, -0.1) is 10.2 Å². The molecule has 5 heterocycles. The first-order valence-corrected chi connectivity index (χ1v) is 13.3. The molecule has 0 radical (unpaired) electrons. The molecule has 6 rings (SSSR count). The standard InChI is InChI=1S/C29H33N7O2/c1-20-9-12-34(27-17-26(32-33-29(27)30)25-6-2-3-7-28(25)37)13-14-36(20)22-8-10-31-21(15-22)5-4-11-35-18-24-16-23(35)19-38-24/h2-3,6-8,10,15,17,20,23-24,37H,9,11-14,16,18-19H2,1H3,(H2,30,33). The molecule has 196 valence electrons. The summed E-state index contributed by atoms with van der Waals surface area (Å²) < 4.78 is 5.69. The molecule has 2 bridgehead atoms. The number of ether oxygens (including phenoxy) is 1. The molecule has 3 N–H and O–H groups in total. The predicted octanol–water partition coefficient (Wildman–Crippen LogP) is 2.76. The number of pyridine rings is 1. The molecule has 9 heteroatoms. The van der Waals surface area contributed by atoms with Gasteiger partial charge < -0.3 is 25.4 Å². The van der Waals surface area contributed by atoms with Crippen molar-refractivity contribution in [1.29, 1.82) is 0 Å². The van der Waals surface area contributed by atoms with Gasteiger partial charge >= 0.3 is 0 Å². The number of fused-ring (bicyclic) bond motifs is 2. The van der Waals surface area contributed by atoms with E-state index in [-0.39, 0.29) is 5.75 Å². The normalized spacial score (nSPS) is 23.2. The number of hydrogen-bond donors (Lipinski definition) is 2. The van der Waals surface area contributed by atoms with Crippen LogP contribution in [-0.4, -0.2) is 82.7 Å². The molecule has 9 nitrogen and oxygen atoms in total. The molecule has 38 heavy (non-hydrogen) atoms. The molecule has 0 saturated carbocycles. The Kier molecular flexibility index (Phi) is 6.75. The minimum Gasteiger partial charge on any atom is -0.507 e. The number of benzene rings is 1. The SMILES string of the molecule is CC1CCN(c2cc(-c3ccccc3O)nnc2N)CCN1c1ccnc(C#CCN2CC3CC2CO3)c1. The van der Waals surface area contributed by atoms with E-state index in [1.54, 1.807) is 12.1 Å². The molecular weight excluding hydrogens is 478 g/mol. The number of nitrogen functional groups attached to an aromatic ring is 1. The van der Waals surface area contributed by atoms with Gasteiger partial charge in [0.15, 0.2) is 5.82 Å². The number of nitrogens with two attached hydrogens (primary N) is 1. The van der Waals surface area contributed by atoms with Gasteiger partial charge in [0.2, 0.25) is 0 Å². The third-order valence-electron chi connectivity index (χ3n) is 7.87. The first-order valence-electron chi connectivity index (χ1n) is 13.3. The minimum atomic E-state index is 0.173. The van der Waals surface area contributed by atoms with Crippen LogP contribution in [0.4, 0.5) is 17.2 Å². The second kappa shape index (κ2) is 10.5. The molecule has 3 aliphatic rings. The Hall–Kier alpha value is -3.87. The number of hydrogen-bond acceptors (Lipinski definition) is 9. The highest BCUT2D eigenvalue weighted by Gasteiger charge is 2.38. The van der Waals surface area contributed by atoms with Gasteiger partial charge in [-0.2, -0.15) is 0 Å². The Bertz CT molecular complexity index is 1370. The molecule has 0 spiro atoms. The number of nitrogens with zero attached hydrogens (tertiary/aromatic N) is 6. The summed E-state index contributed by atoms with van der Waals surface area (Å²) in [5.74, 6) is 7.17. The lowest BCUT2D eigenvalue weighted by Gasteiger charge is -2.29. The zero-order chi connectivity index (χ0) is 26.1. The Labute approximate surface area is 223 Å². The molecular formula is C29H33N7O2. The van der Waals surface area contributed by atoms with Crippen LogP contribution in [0.2, 0.25) is 0 Å². The van der Waals surface area contributed by atoms with Crippen molar-refractivity contribution in [3.05, 3.63) is 54.4 Å². The monoisotopic (exact) mass is 511 g/mol. The van der Waals surface area contributed by atoms with E-state index in [1.165, 1.54) is 0 Å². The quantitative estimate of drug-likeness (QED) is 0.512. The number of morpholine rings is 1. The van der Waals surface area contributed by atoms with Crippen LogP contribution >= 0.6 is 0 Å². The van der Waals surface area contributed by atoms with E-state index in [9.17, 15) is 5.11 Å². The van der Waals surface area contributed by atoms with Crippen molar-refractivity contribution < 1.29 is 9.84 Å². The number of likely N-dealkylation sites (tertiary alicyclic amines) is 1. The van der Waals surface area contributed by atoms with E-state index in [4.69, 9.17) is 10.5 Å². The van der Waals surface area contributed by atoms with Crippen LogP contribution in [0.1, 0.15) is 25.5 Å². The Morgan fingerprint density at radius 1 is 1.13 bits per heavy atom. The molecule has 3 saturated heterocycles. The molecule has 1 aromatic carbocycles. The maximum atomic E-state index is 10.3. The molecule has 0 amide bonds. The summed E-state index contributed by atoms with van der Waals surface area (Å²) in [6.45, 7) is 7.28. The van der Waals surface area contributed by atoms with Crippen LogP contribution in [0.15, 0.2) is 48.7 Å². The van der Waals surface area contributed by atoms with Gasteiger partial charge in [-0.25, -0.2) is 4.98 Å². The van der Waals surface area contributed by atoms with Gasteiger partial charge in [0, 0.05) is 55.7 Å². The van der Waals surface area contributed by atoms with Crippen LogP contribution in [0.25, 0.3) is 11.3 Å². The number of anilines is 3. The van der Waals surface area contributed by atoms with Crippen molar-refractivity contribution >= 4 is 17.2 Å². The second-order valence-corrected chi connectivity index (χ2v) is 10.3. The number of para-hydroxylation sites is 1. The van der Waals surface area contributed by atoms with Gasteiger partial charge in [-0.1, -0.05) is 18.1 Å². The van der Waals surface area contributed by atoms with Gasteiger partial charge in [-0.05, 0) is 56.0 Å². The van der Waals surface area contributed by atoms with Crippen LogP contribution in [-0.2, 0) is 4.74 Å². The Morgan fingerprint density at radius 2 is 2.03 bits per heavy atom. The van der Waals surface area contributed by atoms with Crippen LogP contribution in [0.3, 0.4) is 0 Å². The van der Waals surface area contributed by atoms with Crippen molar-refractivity contribution in [3.63, 3.8) is 0 Å². The largest absolute Gasteiger partial charge is 0.507 e. The lowest BCUT2D eigenvalue weighted by molar-refractivity contribution is 0.0363. The zero-order valence-electron chi connectivity index (χ0n) is 21.6. The Balaban J connectivity index is 1.16. The first kappa shape index (κ1) is 24.5. The van der Waals surface area contributed by atoms with Crippen molar-refractivity contribution in [3.8, 4) is 28.8 Å². The summed E-state index contributed by atoms with van der Waals surface area (Å²) in [6.07, 6.45) is 4.33. The highest BCUT2D eigenvalue weighted by molar-refractivity contribution is 5.74. The fourth-order valence-electron chi connectivity index (χ4n) is 5.72. The van der Waals surface area contributed by atoms with Crippen LogP contribution in [0, 0.1) is 11.8 Å². The molecule has 3 aromatic rings. The van der Waals surface area contributed by atoms with Crippen LogP contribution < -0.4 is 15.5 Å². The fourth-order valence-corrected chi connectivity index (χ4v) is 5.72. The topological polar surface area (TPSA) is 104 Å². The lowest BCUT2D eigenvalue weighted by Crippen LogP contribution is -2.37. The number of phenols is 1. The first-order chi connectivity index (χ1) is 18.5. The summed E-state index contributed by atoms with van der Waals surface area (Å²) in [4.78, 5) is 11.6. The van der Waals surface area contributed by atoms with E-state index in [0.29, 0.717) is 35.3 Å². The lowest BCUT2D eigenvalue weighted by atomic mass is 10.1. The maximum Gasteiger partial charge on any atom is 0.169 e. The van der Waals surface area contributed by atoms with E-state index in [1.807, 2.05) is 24.4 Å². The average molecular weight is 512 g/mol. The smallest absolute Gasteiger partial charge is 0.169 e. The van der Waals surface area contributed by atoms with Crippen molar-refractivity contribution in [2.45, 2.75) is 38.0 Å².